The third-order valence-corrected chi connectivity index (χ3v) is 1.85. The number of hydrogen-bond donors (Lipinski definition) is 0. The van der Waals surface area contributed by atoms with Gasteiger partial charge >= 0.3 is 23.1 Å². The summed E-state index contributed by atoms with van der Waals surface area (Å²) in [6.45, 7) is 8.64. The number of hydrogen-bond acceptors (Lipinski definition) is 0. The van der Waals surface area contributed by atoms with E-state index < -0.39 is 0 Å². The fourth-order valence-corrected chi connectivity index (χ4v) is 1.32. The van der Waals surface area contributed by atoms with E-state index in [1.54, 1.807) is 0 Å². The zero-order valence-corrected chi connectivity index (χ0v) is 10.9. The van der Waals surface area contributed by atoms with Gasteiger partial charge in [0, 0.05) is 0 Å². The van der Waals surface area contributed by atoms with E-state index in [-0.39, 0.29) is 23.1 Å². The summed E-state index contributed by atoms with van der Waals surface area (Å²) >= 11 is 0. The Balaban J connectivity index is 0. The normalized spacial score (nSPS) is 12.6. The van der Waals surface area contributed by atoms with Gasteiger partial charge in [-0.25, -0.2) is 0 Å². The first-order chi connectivity index (χ1) is 5.79. The van der Waals surface area contributed by atoms with Crippen molar-refractivity contribution in [1.82, 2.24) is 0 Å². The molecule has 13 heavy (non-hydrogen) atoms. The van der Waals surface area contributed by atoms with Crippen LogP contribution in [0.15, 0.2) is 11.1 Å². The minimum absolute atomic E-state index is 0. The first kappa shape index (κ1) is 15.7. The van der Waals surface area contributed by atoms with Gasteiger partial charge < -0.3 is 23.3 Å². The van der Waals surface area contributed by atoms with E-state index in [1.165, 1.54) is 11.1 Å². The van der Waals surface area contributed by atoms with Gasteiger partial charge in [0.05, 0.1) is 0 Å². The molecular weight excluding hydrogens is 168 g/mol. The van der Waals surface area contributed by atoms with Crippen LogP contribution in [0, 0.1) is 12.2 Å². The van der Waals surface area contributed by atoms with E-state index in [0.29, 0.717) is 0 Å². The molecule has 0 aromatic rings. The van der Waals surface area contributed by atoms with Crippen molar-refractivity contribution in [2.45, 2.75) is 53.4 Å². The van der Waals surface area contributed by atoms with Crippen LogP contribution in [-0.2, 0) is 0 Å². The molecule has 0 fully saturated rings. The minimum atomic E-state index is 0. The molecule has 0 saturated heterocycles. The SMILES string of the molecule is CC[C-]=C(CC)C(=[C-]CC)CC.[Mg+2]. The van der Waals surface area contributed by atoms with E-state index >= 15 is 0 Å². The second-order valence-corrected chi connectivity index (χ2v) is 2.72. The van der Waals surface area contributed by atoms with Gasteiger partial charge in [0.2, 0.25) is 0 Å². The Bertz CT molecular complexity index is 146. The molecule has 0 nitrogen and oxygen atoms in total. The maximum absolute atomic E-state index is 3.39. The van der Waals surface area contributed by atoms with Crippen molar-refractivity contribution in [3.63, 3.8) is 0 Å². The van der Waals surface area contributed by atoms with Gasteiger partial charge in [0.15, 0.2) is 0 Å². The van der Waals surface area contributed by atoms with Gasteiger partial charge in [-0.3, -0.25) is 0 Å². The average molecular weight is 189 g/mol. The van der Waals surface area contributed by atoms with E-state index in [1.807, 2.05) is 0 Å². The molecule has 0 atom stereocenters. The quantitative estimate of drug-likeness (QED) is 0.351. The second-order valence-electron chi connectivity index (χ2n) is 2.72. The monoisotopic (exact) mass is 188 g/mol. The molecule has 0 unspecified atom stereocenters. The molecule has 70 valence electrons. The third kappa shape index (κ3) is 6.33. The zero-order chi connectivity index (χ0) is 9.40. The first-order valence-corrected chi connectivity index (χ1v) is 4.99. The largest absolute Gasteiger partial charge is 2.00 e. The Morgan fingerprint density at radius 3 is 1.23 bits per heavy atom. The van der Waals surface area contributed by atoms with Crippen LogP contribution < -0.4 is 0 Å². The molecule has 0 aromatic heterocycles. The molecule has 0 aromatic carbocycles. The van der Waals surface area contributed by atoms with Gasteiger partial charge in [-0.2, -0.15) is 0 Å². The maximum Gasteiger partial charge on any atom is 2.00 e. The molecule has 0 aliphatic rings. The zero-order valence-electron chi connectivity index (χ0n) is 9.54. The molecule has 0 spiro atoms. The van der Waals surface area contributed by atoms with E-state index in [2.05, 4.69) is 39.8 Å². The van der Waals surface area contributed by atoms with Gasteiger partial charge in [0.25, 0.3) is 0 Å². The van der Waals surface area contributed by atoms with Gasteiger partial charge in [-0.1, -0.05) is 27.7 Å². The van der Waals surface area contributed by atoms with Crippen molar-refractivity contribution in [2.24, 2.45) is 0 Å². The van der Waals surface area contributed by atoms with E-state index in [9.17, 15) is 0 Å². The predicted molar refractivity (Wildman–Crippen MR) is 60.4 cm³/mol. The van der Waals surface area contributed by atoms with Crippen molar-refractivity contribution < 1.29 is 0 Å². The van der Waals surface area contributed by atoms with Crippen molar-refractivity contribution in [2.75, 3.05) is 0 Å². The molecule has 0 heterocycles. The maximum atomic E-state index is 3.39. The first-order valence-electron chi connectivity index (χ1n) is 4.99. The number of rotatable bonds is 5. The van der Waals surface area contributed by atoms with Crippen LogP contribution in [0.25, 0.3) is 0 Å². The summed E-state index contributed by atoms with van der Waals surface area (Å²) in [7, 11) is 0. The van der Waals surface area contributed by atoms with Crippen LogP contribution in [0.1, 0.15) is 53.4 Å². The van der Waals surface area contributed by atoms with Crippen LogP contribution >= 0.6 is 0 Å². The molecule has 0 aliphatic carbocycles. The fraction of sp³-hybridized carbons (Fsp3) is 0.667. The molecule has 0 saturated carbocycles. The average Bonchev–Trinajstić information content (AvgIpc) is 2.11. The van der Waals surface area contributed by atoms with Gasteiger partial charge in [0.1, 0.15) is 0 Å². The number of allylic oxidation sites excluding steroid dienone is 4. The Morgan fingerprint density at radius 2 is 1.08 bits per heavy atom. The standard InChI is InChI=1S/C12H20.Mg/c1-5-9-11(7-3)12(8-4)10-6-2;/h5-8H2,1-4H3;/q-2;+2. The summed E-state index contributed by atoms with van der Waals surface area (Å²) in [6.07, 6.45) is 11.0. The van der Waals surface area contributed by atoms with E-state index in [4.69, 9.17) is 0 Å². The summed E-state index contributed by atoms with van der Waals surface area (Å²) in [5, 5.41) is 0. The Hall–Kier alpha value is 0.246. The minimum Gasteiger partial charge on any atom is -0.373 e. The molecule has 0 aliphatic heterocycles. The van der Waals surface area contributed by atoms with Crippen LogP contribution in [0.2, 0.25) is 0 Å². The molecule has 0 bridgehead atoms. The van der Waals surface area contributed by atoms with Crippen LogP contribution in [0.5, 0.6) is 0 Å². The predicted octanol–water partition coefficient (Wildman–Crippen LogP) is 3.70. The molecule has 0 N–H and O–H groups in total. The van der Waals surface area contributed by atoms with Crippen molar-refractivity contribution in [3.05, 3.63) is 23.3 Å². The molecular formula is C12H20Mg. The Kier molecular flexibility index (Phi) is 12.5. The molecule has 0 radical (unpaired) electrons. The molecule has 0 rings (SSSR count). The smallest absolute Gasteiger partial charge is 0.373 e. The van der Waals surface area contributed by atoms with E-state index in [0.717, 1.165) is 25.7 Å². The van der Waals surface area contributed by atoms with Crippen LogP contribution in [0.4, 0.5) is 0 Å². The summed E-state index contributed by atoms with van der Waals surface area (Å²) in [6, 6.07) is 0. The fourth-order valence-electron chi connectivity index (χ4n) is 1.32. The second kappa shape index (κ2) is 10.3. The molecule has 1 heteroatoms. The van der Waals surface area contributed by atoms with Crippen molar-refractivity contribution >= 4 is 23.1 Å². The van der Waals surface area contributed by atoms with Gasteiger partial charge in [-0.15, -0.1) is 25.7 Å². The Labute approximate surface area is 99.6 Å². The Morgan fingerprint density at radius 1 is 0.769 bits per heavy atom. The molecule has 0 amide bonds. The topological polar surface area (TPSA) is 0 Å². The van der Waals surface area contributed by atoms with Gasteiger partial charge in [-0.05, 0) is 0 Å². The summed E-state index contributed by atoms with van der Waals surface area (Å²) in [5.74, 6) is 0. The third-order valence-electron chi connectivity index (χ3n) is 1.85. The van der Waals surface area contributed by atoms with Crippen LogP contribution in [-0.4, -0.2) is 23.1 Å². The summed E-state index contributed by atoms with van der Waals surface area (Å²) < 4.78 is 0. The van der Waals surface area contributed by atoms with Crippen molar-refractivity contribution in [1.29, 1.82) is 0 Å². The summed E-state index contributed by atoms with van der Waals surface area (Å²) in [5.41, 5.74) is 2.73. The summed E-state index contributed by atoms with van der Waals surface area (Å²) in [4.78, 5) is 0. The van der Waals surface area contributed by atoms with Crippen LogP contribution in [0.3, 0.4) is 0 Å². The van der Waals surface area contributed by atoms with Crippen molar-refractivity contribution in [3.8, 4) is 0 Å².